The molecule has 1 aromatic carbocycles. The second-order valence-electron chi connectivity index (χ2n) is 6.41. The van der Waals surface area contributed by atoms with Crippen LogP contribution in [0.1, 0.15) is 55.3 Å². The topological polar surface area (TPSA) is 71.7 Å². The molecule has 1 atom stereocenters. The highest BCUT2D eigenvalue weighted by Gasteiger charge is 2.14. The van der Waals surface area contributed by atoms with Crippen LogP contribution in [-0.4, -0.2) is 25.3 Å². The van der Waals surface area contributed by atoms with Crippen LogP contribution in [0.3, 0.4) is 0 Å². The summed E-state index contributed by atoms with van der Waals surface area (Å²) in [5.41, 5.74) is 3.24. The van der Waals surface area contributed by atoms with Crippen molar-refractivity contribution in [1.29, 1.82) is 0 Å². The molecule has 0 fully saturated rings. The van der Waals surface area contributed by atoms with E-state index in [1.807, 2.05) is 18.2 Å². The summed E-state index contributed by atoms with van der Waals surface area (Å²) in [6, 6.07) is 8.16. The first-order valence-electron chi connectivity index (χ1n) is 8.51. The fourth-order valence-corrected chi connectivity index (χ4v) is 2.52. The second-order valence-corrected chi connectivity index (χ2v) is 6.41. The SMILES string of the molecule is CN=C(NCc1cc(C(C)C)no1)NC(C)c1cc(C)ccc1OC.I. The molecule has 0 aliphatic rings. The Morgan fingerprint density at radius 1 is 1.27 bits per heavy atom. The Morgan fingerprint density at radius 3 is 2.58 bits per heavy atom. The zero-order valence-electron chi connectivity index (χ0n) is 16.3. The van der Waals surface area contributed by atoms with E-state index in [2.05, 4.69) is 54.5 Å². The van der Waals surface area contributed by atoms with Gasteiger partial charge in [0.15, 0.2) is 11.7 Å². The molecule has 0 spiro atoms. The highest BCUT2D eigenvalue weighted by atomic mass is 127. The van der Waals surface area contributed by atoms with Crippen molar-refractivity contribution >= 4 is 29.9 Å². The van der Waals surface area contributed by atoms with Gasteiger partial charge in [-0.3, -0.25) is 4.99 Å². The molecular weight excluding hydrogens is 443 g/mol. The molecule has 2 aromatic rings. The smallest absolute Gasteiger partial charge is 0.191 e. The largest absolute Gasteiger partial charge is 0.496 e. The molecule has 0 saturated carbocycles. The van der Waals surface area contributed by atoms with Crippen LogP contribution in [0.4, 0.5) is 0 Å². The minimum absolute atomic E-state index is 0. The van der Waals surface area contributed by atoms with Crippen LogP contribution >= 0.6 is 24.0 Å². The zero-order valence-corrected chi connectivity index (χ0v) is 18.6. The van der Waals surface area contributed by atoms with Crippen molar-refractivity contribution in [2.24, 2.45) is 4.99 Å². The molecule has 0 aliphatic heterocycles. The Labute approximate surface area is 172 Å². The number of methoxy groups -OCH3 is 1. The number of halogens is 1. The van der Waals surface area contributed by atoms with Crippen LogP contribution in [-0.2, 0) is 6.54 Å². The van der Waals surface area contributed by atoms with E-state index in [0.29, 0.717) is 18.4 Å². The number of rotatable bonds is 6. The van der Waals surface area contributed by atoms with Gasteiger partial charge in [-0.2, -0.15) is 0 Å². The van der Waals surface area contributed by atoms with Gasteiger partial charge in [-0.1, -0.05) is 36.7 Å². The molecule has 1 heterocycles. The third-order valence-electron chi connectivity index (χ3n) is 4.03. The third kappa shape index (κ3) is 5.89. The van der Waals surface area contributed by atoms with Crippen molar-refractivity contribution in [3.63, 3.8) is 0 Å². The minimum atomic E-state index is 0. The molecular formula is C19H29IN4O2. The number of benzene rings is 1. The van der Waals surface area contributed by atoms with Crippen molar-refractivity contribution < 1.29 is 9.26 Å². The maximum absolute atomic E-state index is 5.47. The van der Waals surface area contributed by atoms with E-state index in [4.69, 9.17) is 9.26 Å². The lowest BCUT2D eigenvalue weighted by Gasteiger charge is -2.20. The minimum Gasteiger partial charge on any atom is -0.496 e. The molecule has 1 aromatic heterocycles. The maximum atomic E-state index is 5.47. The van der Waals surface area contributed by atoms with Crippen molar-refractivity contribution in [1.82, 2.24) is 15.8 Å². The van der Waals surface area contributed by atoms with Gasteiger partial charge >= 0.3 is 0 Å². The predicted octanol–water partition coefficient (Wildman–Crippen LogP) is 4.16. The number of nitrogens with zero attached hydrogens (tertiary/aromatic N) is 2. The monoisotopic (exact) mass is 472 g/mol. The normalized spacial score (nSPS) is 12.5. The van der Waals surface area contributed by atoms with E-state index in [-0.39, 0.29) is 30.0 Å². The summed E-state index contributed by atoms with van der Waals surface area (Å²) in [6.45, 7) is 8.85. The molecule has 26 heavy (non-hydrogen) atoms. The number of hydrogen-bond donors (Lipinski definition) is 2. The third-order valence-corrected chi connectivity index (χ3v) is 4.03. The summed E-state index contributed by atoms with van der Waals surface area (Å²) in [5, 5.41) is 10.7. The van der Waals surface area contributed by atoms with Crippen LogP contribution in [0.15, 0.2) is 33.8 Å². The summed E-state index contributed by atoms with van der Waals surface area (Å²) < 4.78 is 10.8. The molecule has 1 unspecified atom stereocenters. The van der Waals surface area contributed by atoms with Gasteiger partial charge in [0.05, 0.1) is 25.4 Å². The Kier molecular flexibility index (Phi) is 8.91. The average Bonchev–Trinajstić information content (AvgIpc) is 3.07. The maximum Gasteiger partial charge on any atom is 0.191 e. The molecule has 144 valence electrons. The van der Waals surface area contributed by atoms with E-state index >= 15 is 0 Å². The van der Waals surface area contributed by atoms with E-state index in [0.717, 1.165) is 22.8 Å². The van der Waals surface area contributed by atoms with Crippen molar-refractivity contribution in [3.8, 4) is 5.75 Å². The first-order chi connectivity index (χ1) is 11.9. The highest BCUT2D eigenvalue weighted by molar-refractivity contribution is 14.0. The number of nitrogens with one attached hydrogen (secondary N) is 2. The Balaban J connectivity index is 0.00000338. The van der Waals surface area contributed by atoms with Crippen LogP contribution < -0.4 is 15.4 Å². The van der Waals surface area contributed by atoms with E-state index in [1.54, 1.807) is 14.2 Å². The first kappa shape index (κ1) is 22.3. The molecule has 2 N–H and O–H groups in total. The molecule has 0 radical (unpaired) electrons. The number of aromatic nitrogens is 1. The lowest BCUT2D eigenvalue weighted by molar-refractivity contribution is 0.371. The Bertz CT molecular complexity index is 728. The van der Waals surface area contributed by atoms with E-state index in [1.165, 1.54) is 5.56 Å². The lowest BCUT2D eigenvalue weighted by atomic mass is 10.0. The fraction of sp³-hybridized carbons (Fsp3) is 0.474. The average molecular weight is 472 g/mol. The van der Waals surface area contributed by atoms with E-state index in [9.17, 15) is 0 Å². The number of ether oxygens (including phenoxy) is 1. The standard InChI is InChI=1S/C19H28N4O2.HI/c1-12(2)17-10-15(25-23-17)11-21-19(20-5)22-14(4)16-9-13(3)7-8-18(16)24-6;/h7-10,12,14H,11H2,1-6H3,(H2,20,21,22);1H. The second kappa shape index (κ2) is 10.4. The van der Waals surface area contributed by atoms with Gasteiger partial charge in [0.2, 0.25) is 0 Å². The molecule has 0 amide bonds. The fourth-order valence-electron chi connectivity index (χ4n) is 2.52. The lowest BCUT2D eigenvalue weighted by Crippen LogP contribution is -2.38. The number of guanidine groups is 1. The number of hydrogen-bond acceptors (Lipinski definition) is 4. The van der Waals surface area contributed by atoms with Crippen molar-refractivity contribution in [2.75, 3.05) is 14.2 Å². The van der Waals surface area contributed by atoms with Crippen LogP contribution in [0.5, 0.6) is 5.75 Å². The van der Waals surface area contributed by atoms with Crippen molar-refractivity contribution in [3.05, 3.63) is 46.8 Å². The Hall–Kier alpha value is -1.77. The predicted molar refractivity (Wildman–Crippen MR) is 115 cm³/mol. The summed E-state index contributed by atoms with van der Waals surface area (Å²) in [4.78, 5) is 4.28. The quantitative estimate of drug-likeness (QED) is 0.376. The van der Waals surface area contributed by atoms with Crippen LogP contribution in [0.25, 0.3) is 0 Å². The molecule has 2 rings (SSSR count). The van der Waals surface area contributed by atoms with Gasteiger partial charge in [-0.05, 0) is 25.8 Å². The number of aliphatic imine (C=N–C) groups is 1. The first-order valence-corrected chi connectivity index (χ1v) is 8.51. The van der Waals surface area contributed by atoms with Gasteiger partial charge < -0.3 is 19.9 Å². The molecule has 7 heteroatoms. The van der Waals surface area contributed by atoms with Crippen molar-refractivity contribution in [2.45, 2.75) is 46.2 Å². The zero-order chi connectivity index (χ0) is 18.4. The van der Waals surface area contributed by atoms with Crippen LogP contribution in [0, 0.1) is 6.92 Å². The molecule has 0 saturated heterocycles. The van der Waals surface area contributed by atoms with Gasteiger partial charge in [0.1, 0.15) is 5.75 Å². The Morgan fingerprint density at radius 2 is 2.00 bits per heavy atom. The van der Waals surface area contributed by atoms with Crippen LogP contribution in [0.2, 0.25) is 0 Å². The highest BCUT2D eigenvalue weighted by Crippen LogP contribution is 2.26. The van der Waals surface area contributed by atoms with Gasteiger partial charge in [-0.25, -0.2) is 0 Å². The van der Waals surface area contributed by atoms with Gasteiger partial charge in [-0.15, -0.1) is 24.0 Å². The summed E-state index contributed by atoms with van der Waals surface area (Å²) in [5.74, 6) is 2.69. The van der Waals surface area contributed by atoms with Gasteiger partial charge in [0, 0.05) is 18.7 Å². The summed E-state index contributed by atoms with van der Waals surface area (Å²) in [6.07, 6.45) is 0. The summed E-state index contributed by atoms with van der Waals surface area (Å²) >= 11 is 0. The van der Waals surface area contributed by atoms with Gasteiger partial charge in [0.25, 0.3) is 0 Å². The van der Waals surface area contributed by atoms with E-state index < -0.39 is 0 Å². The summed E-state index contributed by atoms with van der Waals surface area (Å²) in [7, 11) is 3.43. The molecule has 0 bridgehead atoms. The molecule has 6 nitrogen and oxygen atoms in total. The number of aryl methyl sites for hydroxylation is 1. The molecule has 0 aliphatic carbocycles.